The molecule has 0 aliphatic carbocycles. The number of hydrogen-bond donors (Lipinski definition) is 1. The maximum absolute atomic E-state index is 12.8. The first-order valence-electron chi connectivity index (χ1n) is 8.88. The lowest BCUT2D eigenvalue weighted by atomic mass is 10.1. The van der Waals surface area contributed by atoms with Crippen LogP contribution in [0.5, 0.6) is 0 Å². The molecule has 1 aromatic heterocycles. The summed E-state index contributed by atoms with van der Waals surface area (Å²) in [4.78, 5) is 26.6. The molecule has 3 aromatic rings. The zero-order chi connectivity index (χ0) is 18.9. The van der Waals surface area contributed by atoms with Gasteiger partial charge in [0, 0.05) is 37.0 Å². The van der Waals surface area contributed by atoms with Crippen molar-refractivity contribution in [1.29, 1.82) is 0 Å². The van der Waals surface area contributed by atoms with E-state index in [4.69, 9.17) is 0 Å². The Morgan fingerprint density at radius 1 is 0.852 bits per heavy atom. The second-order valence-corrected chi connectivity index (χ2v) is 7.02. The standard InChI is InChI=1S/C22H22N2O2S/c25-21(11-13-23-22(26)20-12-14-27-17-20)24(15-18-7-3-1-4-8-18)16-19-9-5-2-6-10-19/h1-10,12,14,17H,11,13,15-16H2,(H,23,26). The van der Waals surface area contributed by atoms with E-state index in [9.17, 15) is 9.59 Å². The van der Waals surface area contributed by atoms with Crippen molar-refractivity contribution in [2.45, 2.75) is 19.5 Å². The Hall–Kier alpha value is -2.92. The lowest BCUT2D eigenvalue weighted by Crippen LogP contribution is -2.34. The summed E-state index contributed by atoms with van der Waals surface area (Å²) in [5.74, 6) is -0.116. The molecule has 27 heavy (non-hydrogen) atoms. The van der Waals surface area contributed by atoms with Crippen molar-refractivity contribution >= 4 is 23.2 Å². The van der Waals surface area contributed by atoms with Gasteiger partial charge in [-0.05, 0) is 22.6 Å². The fourth-order valence-electron chi connectivity index (χ4n) is 2.78. The third-order valence-electron chi connectivity index (χ3n) is 4.19. The minimum Gasteiger partial charge on any atom is -0.351 e. The quantitative estimate of drug-likeness (QED) is 0.642. The minimum atomic E-state index is -0.137. The molecular weight excluding hydrogens is 356 g/mol. The lowest BCUT2D eigenvalue weighted by Gasteiger charge is -2.23. The second-order valence-electron chi connectivity index (χ2n) is 6.24. The highest BCUT2D eigenvalue weighted by Crippen LogP contribution is 2.12. The van der Waals surface area contributed by atoms with Crippen LogP contribution >= 0.6 is 11.3 Å². The van der Waals surface area contributed by atoms with Crippen molar-refractivity contribution in [3.8, 4) is 0 Å². The smallest absolute Gasteiger partial charge is 0.252 e. The molecule has 0 atom stereocenters. The van der Waals surface area contributed by atoms with E-state index < -0.39 is 0 Å². The SMILES string of the molecule is O=C(NCCC(=O)N(Cc1ccccc1)Cc1ccccc1)c1ccsc1. The first kappa shape index (κ1) is 18.9. The van der Waals surface area contributed by atoms with Gasteiger partial charge in [-0.15, -0.1) is 0 Å². The van der Waals surface area contributed by atoms with Gasteiger partial charge in [0.1, 0.15) is 0 Å². The number of rotatable bonds is 8. The normalized spacial score (nSPS) is 10.4. The lowest BCUT2D eigenvalue weighted by molar-refractivity contribution is -0.132. The predicted octanol–water partition coefficient (Wildman–Crippen LogP) is 4.10. The highest BCUT2D eigenvalue weighted by Gasteiger charge is 2.15. The van der Waals surface area contributed by atoms with Gasteiger partial charge in [-0.3, -0.25) is 9.59 Å². The largest absolute Gasteiger partial charge is 0.351 e. The summed E-state index contributed by atoms with van der Waals surface area (Å²) in [5.41, 5.74) is 2.81. The molecule has 138 valence electrons. The van der Waals surface area contributed by atoms with E-state index in [1.54, 1.807) is 11.4 Å². The number of benzene rings is 2. The minimum absolute atomic E-state index is 0.0216. The summed E-state index contributed by atoms with van der Waals surface area (Å²) in [6.07, 6.45) is 0.273. The maximum Gasteiger partial charge on any atom is 0.252 e. The Kier molecular flexibility index (Phi) is 6.77. The van der Waals surface area contributed by atoms with Crippen LogP contribution in [0.1, 0.15) is 27.9 Å². The molecule has 1 N–H and O–H groups in total. The Balaban J connectivity index is 1.60. The summed E-state index contributed by atoms with van der Waals surface area (Å²) >= 11 is 1.48. The zero-order valence-corrected chi connectivity index (χ0v) is 15.8. The molecule has 2 amide bonds. The van der Waals surface area contributed by atoms with Crippen LogP contribution in [0.2, 0.25) is 0 Å². The number of hydrogen-bond acceptors (Lipinski definition) is 3. The van der Waals surface area contributed by atoms with Crippen LogP contribution in [0.25, 0.3) is 0 Å². The first-order valence-corrected chi connectivity index (χ1v) is 9.82. The Morgan fingerprint density at radius 3 is 1.96 bits per heavy atom. The third-order valence-corrected chi connectivity index (χ3v) is 4.88. The Labute approximate surface area is 163 Å². The topological polar surface area (TPSA) is 49.4 Å². The van der Waals surface area contributed by atoms with Gasteiger partial charge in [0.2, 0.25) is 5.91 Å². The van der Waals surface area contributed by atoms with Gasteiger partial charge >= 0.3 is 0 Å². The molecule has 0 aliphatic rings. The van der Waals surface area contributed by atoms with E-state index in [1.165, 1.54) is 11.3 Å². The van der Waals surface area contributed by atoms with Crippen LogP contribution in [0.15, 0.2) is 77.5 Å². The van der Waals surface area contributed by atoms with Crippen LogP contribution in [0.4, 0.5) is 0 Å². The summed E-state index contributed by atoms with van der Waals surface area (Å²) in [6.45, 7) is 1.42. The number of nitrogens with one attached hydrogen (secondary N) is 1. The van der Waals surface area contributed by atoms with Gasteiger partial charge in [-0.2, -0.15) is 11.3 Å². The molecule has 2 aromatic carbocycles. The molecule has 0 aliphatic heterocycles. The number of nitrogens with zero attached hydrogens (tertiary/aromatic N) is 1. The van der Waals surface area contributed by atoms with Crippen molar-refractivity contribution in [2.75, 3.05) is 6.54 Å². The first-order chi connectivity index (χ1) is 13.2. The van der Waals surface area contributed by atoms with Gasteiger partial charge in [-0.1, -0.05) is 60.7 Å². The van der Waals surface area contributed by atoms with E-state index in [2.05, 4.69) is 5.32 Å². The van der Waals surface area contributed by atoms with E-state index in [-0.39, 0.29) is 18.2 Å². The molecule has 0 radical (unpaired) electrons. The van der Waals surface area contributed by atoms with Crippen molar-refractivity contribution in [2.24, 2.45) is 0 Å². The predicted molar refractivity (Wildman–Crippen MR) is 108 cm³/mol. The highest BCUT2D eigenvalue weighted by molar-refractivity contribution is 7.08. The molecule has 0 bridgehead atoms. The average molecular weight is 378 g/mol. The molecule has 0 fully saturated rings. The molecule has 1 heterocycles. The number of carbonyl (C=O) groups is 2. The van der Waals surface area contributed by atoms with Crippen LogP contribution in [-0.4, -0.2) is 23.3 Å². The van der Waals surface area contributed by atoms with Crippen LogP contribution < -0.4 is 5.32 Å². The third kappa shape index (κ3) is 5.79. The van der Waals surface area contributed by atoms with Crippen LogP contribution in [0.3, 0.4) is 0 Å². The van der Waals surface area contributed by atoms with Crippen molar-refractivity contribution < 1.29 is 9.59 Å². The molecule has 0 spiro atoms. The van der Waals surface area contributed by atoms with Gasteiger partial charge in [0.05, 0.1) is 0 Å². The van der Waals surface area contributed by atoms with E-state index in [0.29, 0.717) is 25.2 Å². The fraction of sp³-hybridized carbons (Fsp3) is 0.182. The highest BCUT2D eigenvalue weighted by atomic mass is 32.1. The molecule has 5 heteroatoms. The number of amides is 2. The van der Waals surface area contributed by atoms with Gasteiger partial charge in [-0.25, -0.2) is 0 Å². The molecule has 0 saturated heterocycles. The van der Waals surface area contributed by atoms with E-state index in [1.807, 2.05) is 70.9 Å². The van der Waals surface area contributed by atoms with Gasteiger partial charge < -0.3 is 10.2 Å². The number of thiophene rings is 1. The van der Waals surface area contributed by atoms with Crippen LogP contribution in [-0.2, 0) is 17.9 Å². The second kappa shape index (κ2) is 9.69. The van der Waals surface area contributed by atoms with Crippen molar-refractivity contribution in [3.05, 3.63) is 94.2 Å². The van der Waals surface area contributed by atoms with E-state index in [0.717, 1.165) is 11.1 Å². The summed E-state index contributed by atoms with van der Waals surface area (Å²) in [6, 6.07) is 21.7. The average Bonchev–Trinajstić information content (AvgIpc) is 3.24. The molecule has 0 unspecified atom stereocenters. The summed E-state index contributed by atoms with van der Waals surface area (Å²) in [5, 5.41) is 6.48. The maximum atomic E-state index is 12.8. The fourth-order valence-corrected chi connectivity index (χ4v) is 3.41. The molecule has 0 saturated carbocycles. The monoisotopic (exact) mass is 378 g/mol. The number of carbonyl (C=O) groups excluding carboxylic acids is 2. The van der Waals surface area contributed by atoms with Crippen LogP contribution in [0, 0.1) is 0 Å². The molecule has 3 rings (SSSR count). The Bertz CT molecular complexity index is 807. The summed E-state index contributed by atoms with van der Waals surface area (Å²) in [7, 11) is 0. The zero-order valence-electron chi connectivity index (χ0n) is 15.0. The van der Waals surface area contributed by atoms with Crippen molar-refractivity contribution in [1.82, 2.24) is 10.2 Å². The van der Waals surface area contributed by atoms with Crippen molar-refractivity contribution in [3.63, 3.8) is 0 Å². The molecule has 4 nitrogen and oxygen atoms in total. The van der Waals surface area contributed by atoms with Gasteiger partial charge in [0.15, 0.2) is 0 Å². The van der Waals surface area contributed by atoms with Gasteiger partial charge in [0.25, 0.3) is 5.91 Å². The van der Waals surface area contributed by atoms with E-state index >= 15 is 0 Å². The Morgan fingerprint density at radius 2 is 1.44 bits per heavy atom. The molecular formula is C22H22N2O2S. The summed E-state index contributed by atoms with van der Waals surface area (Å²) < 4.78 is 0.